The molecule has 0 atom stereocenters. The molecule has 0 unspecified atom stereocenters. The second-order valence-electron chi connectivity index (χ2n) is 5.29. The van der Waals surface area contributed by atoms with Crippen molar-refractivity contribution in [2.24, 2.45) is 0 Å². The van der Waals surface area contributed by atoms with Crippen LogP contribution < -0.4 is 5.32 Å². The lowest BCUT2D eigenvalue weighted by Gasteiger charge is -2.15. The molecule has 114 valence electrons. The fourth-order valence-corrected chi connectivity index (χ4v) is 2.71. The van der Waals surface area contributed by atoms with E-state index >= 15 is 0 Å². The van der Waals surface area contributed by atoms with E-state index in [9.17, 15) is 4.79 Å². The molecule has 0 bridgehead atoms. The molecule has 22 heavy (non-hydrogen) atoms. The Bertz CT molecular complexity index is 698. The maximum absolute atomic E-state index is 12.5. The molecule has 0 spiro atoms. The molecular weight excluding hydrogens is 300 g/mol. The van der Waals surface area contributed by atoms with Crippen LogP contribution in [0.5, 0.6) is 0 Å². The van der Waals surface area contributed by atoms with Gasteiger partial charge in [-0.1, -0.05) is 23.7 Å². The first kappa shape index (κ1) is 14.8. The fraction of sp³-hybridized carbons (Fsp3) is 0.312. The van der Waals surface area contributed by atoms with Gasteiger partial charge in [0.1, 0.15) is 17.3 Å². The van der Waals surface area contributed by atoms with Gasteiger partial charge in [-0.2, -0.15) is 0 Å². The van der Waals surface area contributed by atoms with Gasteiger partial charge < -0.3 is 10.2 Å². The molecule has 1 N–H and O–H groups in total. The summed E-state index contributed by atoms with van der Waals surface area (Å²) in [6.07, 6.45) is 2.11. The number of rotatable bonds is 3. The first-order valence-corrected chi connectivity index (χ1v) is 7.68. The molecule has 1 aromatic carbocycles. The summed E-state index contributed by atoms with van der Waals surface area (Å²) >= 11 is 6.14. The minimum absolute atomic E-state index is 0.0368. The van der Waals surface area contributed by atoms with Gasteiger partial charge in [0.2, 0.25) is 0 Å². The lowest BCUT2D eigenvalue weighted by Crippen LogP contribution is -2.28. The maximum atomic E-state index is 12.5. The van der Waals surface area contributed by atoms with E-state index in [-0.39, 0.29) is 5.91 Å². The molecule has 1 aliphatic rings. The van der Waals surface area contributed by atoms with Crippen LogP contribution >= 0.6 is 11.6 Å². The zero-order valence-corrected chi connectivity index (χ0v) is 13.1. The Kier molecular flexibility index (Phi) is 4.24. The van der Waals surface area contributed by atoms with E-state index in [0.29, 0.717) is 22.4 Å². The Labute approximate surface area is 134 Å². The SMILES string of the molecule is Cc1nc(Nc2ccccc2Cl)cc(C(=O)N2CCCC2)n1. The van der Waals surface area contributed by atoms with Crippen LogP contribution in [0.15, 0.2) is 30.3 Å². The topological polar surface area (TPSA) is 58.1 Å². The number of aromatic nitrogens is 2. The summed E-state index contributed by atoms with van der Waals surface area (Å²) in [6, 6.07) is 9.09. The van der Waals surface area contributed by atoms with Gasteiger partial charge in [0.05, 0.1) is 10.7 Å². The summed E-state index contributed by atoms with van der Waals surface area (Å²) in [6.45, 7) is 3.38. The highest BCUT2D eigenvalue weighted by Crippen LogP contribution is 2.24. The van der Waals surface area contributed by atoms with E-state index in [4.69, 9.17) is 11.6 Å². The number of amides is 1. The number of hydrogen-bond acceptors (Lipinski definition) is 4. The van der Waals surface area contributed by atoms with Crippen molar-refractivity contribution in [1.29, 1.82) is 0 Å². The second kappa shape index (κ2) is 6.32. The summed E-state index contributed by atoms with van der Waals surface area (Å²) < 4.78 is 0. The number of nitrogens with one attached hydrogen (secondary N) is 1. The second-order valence-corrected chi connectivity index (χ2v) is 5.70. The summed E-state index contributed by atoms with van der Waals surface area (Å²) in [4.78, 5) is 22.9. The van der Waals surface area contributed by atoms with Crippen LogP contribution in [0.25, 0.3) is 0 Å². The van der Waals surface area contributed by atoms with Crippen molar-refractivity contribution < 1.29 is 4.79 Å². The van der Waals surface area contributed by atoms with Gasteiger partial charge in [-0.05, 0) is 31.9 Å². The molecule has 6 heteroatoms. The predicted molar refractivity (Wildman–Crippen MR) is 86.6 cm³/mol. The number of likely N-dealkylation sites (tertiary alicyclic amines) is 1. The van der Waals surface area contributed by atoms with Crippen LogP contribution in [-0.4, -0.2) is 33.9 Å². The number of carbonyl (C=O) groups is 1. The molecule has 2 heterocycles. The van der Waals surface area contributed by atoms with Crippen molar-refractivity contribution >= 4 is 29.0 Å². The number of carbonyl (C=O) groups excluding carboxylic acids is 1. The number of nitrogens with zero attached hydrogens (tertiary/aromatic N) is 3. The smallest absolute Gasteiger partial charge is 0.272 e. The molecule has 0 radical (unpaired) electrons. The van der Waals surface area contributed by atoms with Gasteiger partial charge in [0, 0.05) is 19.2 Å². The van der Waals surface area contributed by atoms with E-state index in [2.05, 4.69) is 15.3 Å². The van der Waals surface area contributed by atoms with Crippen LogP contribution in [0.1, 0.15) is 29.2 Å². The van der Waals surface area contributed by atoms with Crippen molar-refractivity contribution in [1.82, 2.24) is 14.9 Å². The van der Waals surface area contributed by atoms with Crippen LogP contribution in [0.4, 0.5) is 11.5 Å². The summed E-state index contributed by atoms with van der Waals surface area (Å²) in [5, 5.41) is 3.75. The average molecular weight is 317 g/mol. The zero-order chi connectivity index (χ0) is 15.5. The largest absolute Gasteiger partial charge is 0.339 e. The van der Waals surface area contributed by atoms with Gasteiger partial charge >= 0.3 is 0 Å². The van der Waals surface area contributed by atoms with E-state index < -0.39 is 0 Å². The minimum atomic E-state index is -0.0368. The van der Waals surface area contributed by atoms with Gasteiger partial charge in [0.15, 0.2) is 0 Å². The Morgan fingerprint density at radius 1 is 1.23 bits per heavy atom. The predicted octanol–water partition coefficient (Wildman–Crippen LogP) is 3.42. The normalized spacial score (nSPS) is 14.2. The van der Waals surface area contributed by atoms with Crippen molar-refractivity contribution in [2.45, 2.75) is 19.8 Å². The summed E-state index contributed by atoms with van der Waals surface area (Å²) in [5.41, 5.74) is 1.17. The zero-order valence-electron chi connectivity index (χ0n) is 12.3. The molecule has 1 saturated heterocycles. The van der Waals surface area contributed by atoms with E-state index in [1.54, 1.807) is 19.1 Å². The molecular formula is C16H17ClN4O. The third-order valence-electron chi connectivity index (χ3n) is 3.59. The molecule has 1 aliphatic heterocycles. The van der Waals surface area contributed by atoms with Gasteiger partial charge in [0.25, 0.3) is 5.91 Å². The summed E-state index contributed by atoms with van der Waals surface area (Å²) in [7, 11) is 0. The van der Waals surface area contributed by atoms with Crippen molar-refractivity contribution in [3.8, 4) is 0 Å². The van der Waals surface area contributed by atoms with Gasteiger partial charge in [-0.15, -0.1) is 0 Å². The Morgan fingerprint density at radius 3 is 2.68 bits per heavy atom. The van der Waals surface area contributed by atoms with Crippen molar-refractivity contribution in [3.63, 3.8) is 0 Å². The quantitative estimate of drug-likeness (QED) is 0.942. The van der Waals surface area contributed by atoms with E-state index in [1.165, 1.54) is 0 Å². The number of halogens is 1. The molecule has 1 fully saturated rings. The molecule has 1 amide bonds. The summed E-state index contributed by atoms with van der Waals surface area (Å²) in [5.74, 6) is 1.09. The van der Waals surface area contributed by atoms with Crippen molar-refractivity contribution in [2.75, 3.05) is 18.4 Å². The molecule has 0 aliphatic carbocycles. The third-order valence-corrected chi connectivity index (χ3v) is 3.92. The number of aryl methyl sites for hydroxylation is 1. The highest BCUT2D eigenvalue weighted by atomic mass is 35.5. The highest BCUT2D eigenvalue weighted by molar-refractivity contribution is 6.33. The Morgan fingerprint density at radius 2 is 1.95 bits per heavy atom. The molecule has 1 aromatic heterocycles. The van der Waals surface area contributed by atoms with Crippen LogP contribution in [0.2, 0.25) is 5.02 Å². The standard InChI is InChI=1S/C16H17ClN4O/c1-11-18-14(16(22)21-8-4-5-9-21)10-15(19-11)20-13-7-3-2-6-12(13)17/h2-3,6-7,10H,4-5,8-9H2,1H3,(H,18,19,20). The number of benzene rings is 1. The first-order chi connectivity index (χ1) is 10.6. The molecule has 0 saturated carbocycles. The maximum Gasteiger partial charge on any atom is 0.272 e. The third kappa shape index (κ3) is 3.20. The van der Waals surface area contributed by atoms with Gasteiger partial charge in [-0.3, -0.25) is 4.79 Å². The Balaban J connectivity index is 1.86. The van der Waals surface area contributed by atoms with Crippen LogP contribution in [-0.2, 0) is 0 Å². The average Bonchev–Trinajstić information content (AvgIpc) is 3.02. The van der Waals surface area contributed by atoms with Crippen LogP contribution in [0, 0.1) is 6.92 Å². The van der Waals surface area contributed by atoms with E-state index in [1.807, 2.05) is 23.1 Å². The lowest BCUT2D eigenvalue weighted by atomic mass is 10.3. The number of para-hydroxylation sites is 1. The van der Waals surface area contributed by atoms with E-state index in [0.717, 1.165) is 31.6 Å². The lowest BCUT2D eigenvalue weighted by molar-refractivity contribution is 0.0786. The first-order valence-electron chi connectivity index (χ1n) is 7.30. The molecule has 5 nitrogen and oxygen atoms in total. The van der Waals surface area contributed by atoms with Gasteiger partial charge in [-0.25, -0.2) is 9.97 Å². The van der Waals surface area contributed by atoms with Crippen LogP contribution in [0.3, 0.4) is 0 Å². The fourth-order valence-electron chi connectivity index (χ4n) is 2.52. The number of anilines is 2. The highest BCUT2D eigenvalue weighted by Gasteiger charge is 2.21. The molecule has 2 aromatic rings. The minimum Gasteiger partial charge on any atom is -0.339 e. The van der Waals surface area contributed by atoms with Crippen molar-refractivity contribution in [3.05, 3.63) is 46.9 Å². The Hall–Kier alpha value is -2.14. The number of hydrogen-bond donors (Lipinski definition) is 1. The monoisotopic (exact) mass is 316 g/mol. The molecule has 3 rings (SSSR count).